The molecule has 100 valence electrons. The number of nitrogens with zero attached hydrogens (tertiary/aromatic N) is 2. The third-order valence-electron chi connectivity index (χ3n) is 2.85. The van der Waals surface area contributed by atoms with E-state index in [1.165, 1.54) is 0 Å². The second-order valence-corrected chi connectivity index (χ2v) is 4.40. The highest BCUT2D eigenvalue weighted by Crippen LogP contribution is 2.21. The predicted molar refractivity (Wildman–Crippen MR) is 75.3 cm³/mol. The van der Waals surface area contributed by atoms with Gasteiger partial charge in [0, 0.05) is 11.5 Å². The number of benzene rings is 1. The number of carbonyl (C=O) groups is 1. The number of pyridine rings is 1. The fourth-order valence-electron chi connectivity index (χ4n) is 1.99. The Morgan fingerprint density at radius 3 is 2.85 bits per heavy atom. The van der Waals surface area contributed by atoms with Gasteiger partial charge in [-0.05, 0) is 19.1 Å². The summed E-state index contributed by atoms with van der Waals surface area (Å²) in [5, 5.41) is 7.10. The molecule has 0 radical (unpaired) electrons. The number of rotatable bonds is 2. The van der Waals surface area contributed by atoms with Crippen LogP contribution < -0.4 is 11.1 Å². The molecule has 0 bridgehead atoms. The van der Waals surface area contributed by atoms with E-state index in [2.05, 4.69) is 15.5 Å². The molecule has 3 rings (SSSR count). The average molecular weight is 268 g/mol. The van der Waals surface area contributed by atoms with Crippen molar-refractivity contribution in [2.75, 3.05) is 11.1 Å². The number of fused-ring (bicyclic) bond motifs is 1. The Hall–Kier alpha value is -2.89. The second kappa shape index (κ2) is 4.65. The van der Waals surface area contributed by atoms with E-state index in [4.69, 9.17) is 10.3 Å². The SMILES string of the molecule is Cc1cc(NC(=O)c2cc(N)nc3ccccc23)on1. The lowest BCUT2D eigenvalue weighted by Crippen LogP contribution is -2.13. The van der Waals surface area contributed by atoms with E-state index in [1.807, 2.05) is 18.2 Å². The number of aryl methyl sites for hydroxylation is 1. The lowest BCUT2D eigenvalue weighted by Gasteiger charge is -2.06. The van der Waals surface area contributed by atoms with Crippen molar-refractivity contribution in [2.45, 2.75) is 6.92 Å². The van der Waals surface area contributed by atoms with Crippen molar-refractivity contribution in [1.82, 2.24) is 10.1 Å². The first-order valence-corrected chi connectivity index (χ1v) is 6.03. The van der Waals surface area contributed by atoms with Crippen LogP contribution in [0.15, 0.2) is 40.9 Å². The Balaban J connectivity index is 2.02. The number of aromatic nitrogens is 2. The maximum Gasteiger partial charge on any atom is 0.258 e. The van der Waals surface area contributed by atoms with Crippen LogP contribution in [-0.2, 0) is 0 Å². The molecule has 0 aliphatic carbocycles. The largest absolute Gasteiger partial charge is 0.384 e. The van der Waals surface area contributed by atoms with Crippen LogP contribution in [0.5, 0.6) is 0 Å². The van der Waals surface area contributed by atoms with Crippen LogP contribution in [0.3, 0.4) is 0 Å². The summed E-state index contributed by atoms with van der Waals surface area (Å²) in [5.74, 6) is 0.279. The van der Waals surface area contributed by atoms with Gasteiger partial charge in [0.25, 0.3) is 5.91 Å². The number of carbonyl (C=O) groups excluding carboxylic acids is 1. The van der Waals surface area contributed by atoms with Gasteiger partial charge in [-0.25, -0.2) is 4.98 Å². The fraction of sp³-hybridized carbons (Fsp3) is 0.0714. The van der Waals surface area contributed by atoms with E-state index in [0.29, 0.717) is 28.5 Å². The Kier molecular flexibility index (Phi) is 2.83. The van der Waals surface area contributed by atoms with E-state index in [9.17, 15) is 4.79 Å². The quantitative estimate of drug-likeness (QED) is 0.744. The summed E-state index contributed by atoms with van der Waals surface area (Å²) >= 11 is 0. The second-order valence-electron chi connectivity index (χ2n) is 4.40. The third kappa shape index (κ3) is 2.18. The van der Waals surface area contributed by atoms with Crippen molar-refractivity contribution in [1.29, 1.82) is 0 Å². The smallest absolute Gasteiger partial charge is 0.258 e. The van der Waals surface area contributed by atoms with Gasteiger partial charge < -0.3 is 10.3 Å². The van der Waals surface area contributed by atoms with Crippen LogP contribution >= 0.6 is 0 Å². The number of hydrogen-bond donors (Lipinski definition) is 2. The summed E-state index contributed by atoms with van der Waals surface area (Å²) in [7, 11) is 0. The summed E-state index contributed by atoms with van der Waals surface area (Å²) in [4.78, 5) is 16.5. The van der Waals surface area contributed by atoms with Crippen molar-refractivity contribution >= 4 is 28.5 Å². The molecule has 0 unspecified atom stereocenters. The minimum Gasteiger partial charge on any atom is -0.384 e. The zero-order valence-corrected chi connectivity index (χ0v) is 10.8. The van der Waals surface area contributed by atoms with Crippen molar-refractivity contribution in [3.63, 3.8) is 0 Å². The molecule has 2 aromatic heterocycles. The maximum absolute atomic E-state index is 12.3. The summed E-state index contributed by atoms with van der Waals surface area (Å²) in [6.45, 7) is 1.78. The molecule has 6 nitrogen and oxygen atoms in total. The lowest BCUT2D eigenvalue weighted by molar-refractivity contribution is 0.102. The molecule has 0 aliphatic heterocycles. The minimum absolute atomic E-state index is 0.294. The molecule has 0 atom stereocenters. The molecular formula is C14H12N4O2. The molecule has 0 aliphatic rings. The summed E-state index contributed by atoms with van der Waals surface area (Å²) < 4.78 is 4.97. The molecular weight excluding hydrogens is 256 g/mol. The number of hydrogen-bond acceptors (Lipinski definition) is 5. The van der Waals surface area contributed by atoms with E-state index in [0.717, 1.165) is 5.39 Å². The highest BCUT2D eigenvalue weighted by Gasteiger charge is 2.14. The van der Waals surface area contributed by atoms with Crippen LogP contribution in [0.2, 0.25) is 0 Å². The average Bonchev–Trinajstić information content (AvgIpc) is 2.83. The van der Waals surface area contributed by atoms with Crippen LogP contribution in [0.25, 0.3) is 10.9 Å². The van der Waals surface area contributed by atoms with Crippen molar-refractivity contribution in [3.8, 4) is 0 Å². The zero-order valence-electron chi connectivity index (χ0n) is 10.8. The Labute approximate surface area is 114 Å². The molecule has 0 saturated carbocycles. The first-order chi connectivity index (χ1) is 9.63. The van der Waals surface area contributed by atoms with Crippen LogP contribution in [0.4, 0.5) is 11.7 Å². The van der Waals surface area contributed by atoms with Gasteiger partial charge in [0.15, 0.2) is 0 Å². The Bertz CT molecular complexity index is 795. The summed E-state index contributed by atoms with van der Waals surface area (Å²) in [6, 6.07) is 10.5. The van der Waals surface area contributed by atoms with Crippen LogP contribution in [-0.4, -0.2) is 16.0 Å². The van der Waals surface area contributed by atoms with Gasteiger partial charge in [-0.2, -0.15) is 0 Å². The van der Waals surface area contributed by atoms with Crippen molar-refractivity contribution in [2.24, 2.45) is 0 Å². The molecule has 2 heterocycles. The Morgan fingerprint density at radius 2 is 2.10 bits per heavy atom. The molecule has 1 aromatic carbocycles. The lowest BCUT2D eigenvalue weighted by atomic mass is 10.1. The molecule has 3 N–H and O–H groups in total. The first-order valence-electron chi connectivity index (χ1n) is 6.03. The monoisotopic (exact) mass is 268 g/mol. The third-order valence-corrected chi connectivity index (χ3v) is 2.85. The normalized spacial score (nSPS) is 10.7. The molecule has 20 heavy (non-hydrogen) atoms. The highest BCUT2D eigenvalue weighted by atomic mass is 16.5. The number of nitrogens with one attached hydrogen (secondary N) is 1. The number of nitrogens with two attached hydrogens (primary N) is 1. The Morgan fingerprint density at radius 1 is 1.30 bits per heavy atom. The molecule has 6 heteroatoms. The minimum atomic E-state index is -0.313. The fourth-order valence-corrected chi connectivity index (χ4v) is 1.99. The van der Waals surface area contributed by atoms with Gasteiger partial charge in [0.1, 0.15) is 5.82 Å². The number of anilines is 2. The summed E-state index contributed by atoms with van der Waals surface area (Å²) in [6.07, 6.45) is 0. The van der Waals surface area contributed by atoms with Gasteiger partial charge in [-0.3, -0.25) is 10.1 Å². The molecule has 0 fully saturated rings. The molecule has 0 spiro atoms. The van der Waals surface area contributed by atoms with E-state index in [-0.39, 0.29) is 5.91 Å². The predicted octanol–water partition coefficient (Wildman–Crippen LogP) is 2.37. The van der Waals surface area contributed by atoms with E-state index >= 15 is 0 Å². The molecule has 0 saturated heterocycles. The zero-order chi connectivity index (χ0) is 14.1. The molecule has 3 aromatic rings. The van der Waals surface area contributed by atoms with E-state index < -0.39 is 0 Å². The van der Waals surface area contributed by atoms with Gasteiger partial charge in [-0.1, -0.05) is 23.4 Å². The van der Waals surface area contributed by atoms with Gasteiger partial charge in [0.05, 0.1) is 16.8 Å². The van der Waals surface area contributed by atoms with Gasteiger partial charge in [-0.15, -0.1) is 0 Å². The van der Waals surface area contributed by atoms with Crippen molar-refractivity contribution in [3.05, 3.63) is 47.7 Å². The number of nitrogen functional groups attached to an aromatic ring is 1. The van der Waals surface area contributed by atoms with E-state index in [1.54, 1.807) is 25.1 Å². The number of para-hydroxylation sites is 1. The first kappa shape index (κ1) is 12.2. The van der Waals surface area contributed by atoms with Crippen molar-refractivity contribution < 1.29 is 9.32 Å². The van der Waals surface area contributed by atoms with Gasteiger partial charge in [0.2, 0.25) is 5.88 Å². The topological polar surface area (TPSA) is 94.0 Å². The van der Waals surface area contributed by atoms with Gasteiger partial charge >= 0.3 is 0 Å². The highest BCUT2D eigenvalue weighted by molar-refractivity contribution is 6.12. The van der Waals surface area contributed by atoms with Crippen LogP contribution in [0.1, 0.15) is 16.1 Å². The van der Waals surface area contributed by atoms with Crippen LogP contribution in [0, 0.1) is 6.92 Å². The maximum atomic E-state index is 12.3. The summed E-state index contributed by atoms with van der Waals surface area (Å²) in [5.41, 5.74) is 7.55. The molecule has 1 amide bonds. The standard InChI is InChI=1S/C14H12N4O2/c1-8-6-13(20-18-8)17-14(19)10-7-12(15)16-11-5-3-2-4-9(10)11/h2-7H,1H3,(H2,15,16)(H,17,19). The number of amides is 1.